The van der Waals surface area contributed by atoms with Gasteiger partial charge in [-0.05, 0) is 31.1 Å². The first-order valence-corrected chi connectivity index (χ1v) is 11.7. The highest BCUT2D eigenvalue weighted by Gasteiger charge is 2.18. The van der Waals surface area contributed by atoms with E-state index in [1.54, 1.807) is 0 Å². The maximum absolute atomic E-state index is 12.0. The first-order chi connectivity index (χ1) is 13.3. The third-order valence-electron chi connectivity index (χ3n) is 4.87. The zero-order valence-corrected chi connectivity index (χ0v) is 19.3. The van der Waals surface area contributed by atoms with Crippen molar-refractivity contribution in [3.8, 4) is 0 Å². The monoisotopic (exact) mass is 398 g/mol. The topological polar surface area (TPSA) is 52.6 Å². The van der Waals surface area contributed by atoms with Crippen molar-refractivity contribution in [1.29, 1.82) is 0 Å². The van der Waals surface area contributed by atoms with Crippen LogP contribution in [0.5, 0.6) is 0 Å². The van der Waals surface area contributed by atoms with E-state index >= 15 is 0 Å². The lowest BCUT2D eigenvalue weighted by Crippen LogP contribution is -2.24. The average Bonchev–Trinajstić information content (AvgIpc) is 2.60. The fourth-order valence-corrected chi connectivity index (χ4v) is 3.14. The molecule has 0 radical (unpaired) electrons. The van der Waals surface area contributed by atoms with E-state index in [2.05, 4.69) is 27.7 Å². The average molecular weight is 399 g/mol. The standard InChI is InChI=1S/C24H46O4/c1-6-15-24(27-22(25)18-13-9-7-11-16-20(2)3)28-23(26)19-14-10-8-12-17-21(4)5/h20-21,24H,6-19H2,1-5H3. The minimum absolute atomic E-state index is 0.246. The molecule has 0 rings (SSSR count). The lowest BCUT2D eigenvalue weighted by molar-refractivity contribution is -0.189. The lowest BCUT2D eigenvalue weighted by atomic mass is 10.0. The summed E-state index contributed by atoms with van der Waals surface area (Å²) in [4.78, 5) is 24.0. The van der Waals surface area contributed by atoms with Gasteiger partial charge in [0.25, 0.3) is 0 Å². The third kappa shape index (κ3) is 18.3. The molecule has 4 nitrogen and oxygen atoms in total. The van der Waals surface area contributed by atoms with Crippen molar-refractivity contribution in [1.82, 2.24) is 0 Å². The van der Waals surface area contributed by atoms with Crippen LogP contribution in [0.3, 0.4) is 0 Å². The Hall–Kier alpha value is -1.06. The second kappa shape index (κ2) is 18.0. The summed E-state index contributed by atoms with van der Waals surface area (Å²) in [6.45, 7) is 10.9. The van der Waals surface area contributed by atoms with E-state index in [0.717, 1.165) is 56.8 Å². The number of hydrogen-bond acceptors (Lipinski definition) is 4. The van der Waals surface area contributed by atoms with Crippen molar-refractivity contribution >= 4 is 11.9 Å². The van der Waals surface area contributed by atoms with E-state index in [0.29, 0.717) is 19.3 Å². The number of carbonyl (C=O) groups excluding carboxylic acids is 2. The van der Waals surface area contributed by atoms with Crippen LogP contribution in [-0.4, -0.2) is 18.2 Å². The zero-order valence-electron chi connectivity index (χ0n) is 19.3. The van der Waals surface area contributed by atoms with Gasteiger partial charge in [0.2, 0.25) is 6.29 Å². The minimum Gasteiger partial charge on any atom is -0.425 e. The van der Waals surface area contributed by atoms with E-state index in [1.165, 1.54) is 25.7 Å². The number of ether oxygens (including phenoxy) is 2. The zero-order chi connectivity index (χ0) is 21.2. The number of hydrogen-bond donors (Lipinski definition) is 0. The molecule has 0 aromatic carbocycles. The van der Waals surface area contributed by atoms with Crippen LogP contribution in [0.2, 0.25) is 0 Å². The number of unbranched alkanes of at least 4 members (excludes halogenated alkanes) is 6. The van der Waals surface area contributed by atoms with Crippen LogP contribution in [0.25, 0.3) is 0 Å². The van der Waals surface area contributed by atoms with E-state index in [4.69, 9.17) is 9.47 Å². The Morgan fingerprint density at radius 2 is 1.00 bits per heavy atom. The minimum atomic E-state index is -0.716. The van der Waals surface area contributed by atoms with Crippen molar-refractivity contribution in [2.75, 3.05) is 0 Å². The molecule has 0 fully saturated rings. The molecule has 166 valence electrons. The summed E-state index contributed by atoms with van der Waals surface area (Å²) in [7, 11) is 0. The predicted octanol–water partition coefficient (Wildman–Crippen LogP) is 7.19. The van der Waals surface area contributed by atoms with E-state index in [-0.39, 0.29) is 11.9 Å². The Labute approximate surface area is 174 Å². The highest BCUT2D eigenvalue weighted by atomic mass is 16.7. The fraction of sp³-hybridized carbons (Fsp3) is 0.917. The van der Waals surface area contributed by atoms with Gasteiger partial charge in [0.15, 0.2) is 0 Å². The largest absolute Gasteiger partial charge is 0.425 e. The van der Waals surface area contributed by atoms with E-state index < -0.39 is 6.29 Å². The molecule has 0 heterocycles. The van der Waals surface area contributed by atoms with Crippen molar-refractivity contribution in [3.05, 3.63) is 0 Å². The molecular weight excluding hydrogens is 352 g/mol. The summed E-state index contributed by atoms with van der Waals surface area (Å²) in [5, 5.41) is 0. The Kier molecular flexibility index (Phi) is 17.3. The van der Waals surface area contributed by atoms with Crippen molar-refractivity contribution < 1.29 is 19.1 Å². The third-order valence-corrected chi connectivity index (χ3v) is 4.87. The Bertz CT molecular complexity index is 356. The molecule has 0 atom stereocenters. The molecule has 0 aliphatic heterocycles. The van der Waals surface area contributed by atoms with Gasteiger partial charge in [-0.2, -0.15) is 0 Å². The normalized spacial score (nSPS) is 11.4. The lowest BCUT2D eigenvalue weighted by Gasteiger charge is -2.18. The Morgan fingerprint density at radius 3 is 1.36 bits per heavy atom. The van der Waals surface area contributed by atoms with Crippen molar-refractivity contribution in [3.63, 3.8) is 0 Å². The smallest absolute Gasteiger partial charge is 0.308 e. The SMILES string of the molecule is CCCC(OC(=O)CCCCCCC(C)C)OC(=O)CCCCCCC(C)C. The van der Waals surface area contributed by atoms with Gasteiger partial charge < -0.3 is 9.47 Å². The summed E-state index contributed by atoms with van der Waals surface area (Å²) >= 11 is 0. The maximum atomic E-state index is 12.0. The number of carbonyl (C=O) groups is 2. The highest BCUT2D eigenvalue weighted by Crippen LogP contribution is 2.14. The summed E-state index contributed by atoms with van der Waals surface area (Å²) < 4.78 is 10.8. The summed E-state index contributed by atoms with van der Waals surface area (Å²) in [5.74, 6) is 0.997. The van der Waals surface area contributed by atoms with Gasteiger partial charge in [-0.3, -0.25) is 9.59 Å². The van der Waals surface area contributed by atoms with Gasteiger partial charge in [0, 0.05) is 19.3 Å². The van der Waals surface area contributed by atoms with Crippen molar-refractivity contribution in [2.45, 2.75) is 131 Å². The van der Waals surface area contributed by atoms with Crippen LogP contribution in [0, 0.1) is 11.8 Å². The molecular formula is C24H46O4. The molecule has 0 bridgehead atoms. The predicted molar refractivity (Wildman–Crippen MR) is 116 cm³/mol. The highest BCUT2D eigenvalue weighted by molar-refractivity contribution is 5.71. The fourth-order valence-electron chi connectivity index (χ4n) is 3.14. The van der Waals surface area contributed by atoms with Crippen molar-refractivity contribution in [2.24, 2.45) is 11.8 Å². The van der Waals surface area contributed by atoms with Crippen LogP contribution < -0.4 is 0 Å². The van der Waals surface area contributed by atoms with Crippen LogP contribution >= 0.6 is 0 Å². The maximum Gasteiger partial charge on any atom is 0.308 e. The molecule has 0 aromatic rings. The molecule has 0 spiro atoms. The molecule has 0 aliphatic rings. The van der Waals surface area contributed by atoms with Gasteiger partial charge in [0.05, 0.1) is 0 Å². The second-order valence-corrected chi connectivity index (χ2v) is 8.89. The van der Waals surface area contributed by atoms with Gasteiger partial charge in [0.1, 0.15) is 0 Å². The van der Waals surface area contributed by atoms with Crippen LogP contribution in [-0.2, 0) is 19.1 Å². The molecule has 0 aromatic heterocycles. The number of rotatable bonds is 18. The van der Waals surface area contributed by atoms with Gasteiger partial charge in [-0.25, -0.2) is 0 Å². The summed E-state index contributed by atoms with van der Waals surface area (Å²) in [6.07, 6.45) is 12.6. The van der Waals surface area contributed by atoms with E-state index in [9.17, 15) is 9.59 Å². The molecule has 28 heavy (non-hydrogen) atoms. The second-order valence-electron chi connectivity index (χ2n) is 8.89. The summed E-state index contributed by atoms with van der Waals surface area (Å²) in [6, 6.07) is 0. The van der Waals surface area contributed by atoms with Gasteiger partial charge in [-0.1, -0.05) is 86.0 Å². The number of esters is 2. The first kappa shape index (κ1) is 26.9. The molecule has 0 N–H and O–H groups in total. The molecule has 0 aliphatic carbocycles. The van der Waals surface area contributed by atoms with Crippen LogP contribution in [0.15, 0.2) is 0 Å². The van der Waals surface area contributed by atoms with Gasteiger partial charge in [-0.15, -0.1) is 0 Å². The Balaban J connectivity index is 3.90. The molecule has 0 saturated heterocycles. The Morgan fingerprint density at radius 1 is 0.607 bits per heavy atom. The van der Waals surface area contributed by atoms with Crippen LogP contribution in [0.4, 0.5) is 0 Å². The van der Waals surface area contributed by atoms with Gasteiger partial charge >= 0.3 is 11.9 Å². The molecule has 4 heteroatoms. The first-order valence-electron chi connectivity index (χ1n) is 11.7. The van der Waals surface area contributed by atoms with Crippen LogP contribution in [0.1, 0.15) is 125 Å². The summed E-state index contributed by atoms with van der Waals surface area (Å²) in [5.41, 5.74) is 0. The molecule has 0 amide bonds. The quantitative estimate of drug-likeness (QED) is 0.139. The van der Waals surface area contributed by atoms with E-state index in [1.807, 2.05) is 6.92 Å². The molecule has 0 unspecified atom stereocenters. The molecule has 0 saturated carbocycles.